The van der Waals surface area contributed by atoms with E-state index in [1.165, 1.54) is 4.90 Å². The fraction of sp³-hybridized carbons (Fsp3) is 0.471. The van der Waals surface area contributed by atoms with Crippen molar-refractivity contribution in [1.82, 2.24) is 5.32 Å². The van der Waals surface area contributed by atoms with E-state index < -0.39 is 22.9 Å². The number of amides is 2. The van der Waals surface area contributed by atoms with Crippen molar-refractivity contribution in [3.63, 3.8) is 0 Å². The number of carbonyl (C=O) groups is 3. The van der Waals surface area contributed by atoms with Gasteiger partial charge in [0.15, 0.2) is 5.41 Å². The molecule has 1 spiro atoms. The van der Waals surface area contributed by atoms with Crippen LogP contribution in [-0.2, 0) is 24.5 Å². The number of esters is 1. The Kier molecular flexibility index (Phi) is 3.83. The molecule has 0 unspecified atom stereocenters. The highest BCUT2D eigenvalue weighted by atomic mass is 35.5. The van der Waals surface area contributed by atoms with E-state index in [9.17, 15) is 14.4 Å². The van der Waals surface area contributed by atoms with E-state index in [2.05, 4.69) is 5.32 Å². The van der Waals surface area contributed by atoms with Crippen LogP contribution in [0.15, 0.2) is 18.2 Å². The van der Waals surface area contributed by atoms with Gasteiger partial charge in [-0.1, -0.05) is 11.6 Å². The van der Waals surface area contributed by atoms with Crippen LogP contribution in [0, 0.1) is 0 Å². The van der Waals surface area contributed by atoms with E-state index in [0.717, 1.165) is 0 Å². The predicted octanol–water partition coefficient (Wildman–Crippen LogP) is 1.79. The van der Waals surface area contributed by atoms with Crippen molar-refractivity contribution in [3.8, 4) is 0 Å². The molecule has 2 amide bonds. The molecule has 1 fully saturated rings. The van der Waals surface area contributed by atoms with Crippen LogP contribution in [0.3, 0.4) is 0 Å². The number of nitrogens with one attached hydrogen (secondary N) is 1. The number of ether oxygens (including phenoxy) is 1. The molecule has 1 aromatic rings. The molecule has 1 atom stereocenters. The second kappa shape index (κ2) is 5.48. The van der Waals surface area contributed by atoms with Crippen molar-refractivity contribution in [3.05, 3.63) is 28.8 Å². The maximum atomic E-state index is 13.0. The maximum Gasteiger partial charge on any atom is 0.326 e. The van der Waals surface area contributed by atoms with Crippen LogP contribution in [0.1, 0.15) is 32.8 Å². The minimum absolute atomic E-state index is 0.236. The van der Waals surface area contributed by atoms with Crippen molar-refractivity contribution >= 4 is 35.1 Å². The Morgan fingerprint density at radius 1 is 1.38 bits per heavy atom. The van der Waals surface area contributed by atoms with Crippen LogP contribution < -0.4 is 10.2 Å². The molecule has 1 N–H and O–H groups in total. The molecular formula is C17H19ClN2O4. The van der Waals surface area contributed by atoms with Crippen molar-refractivity contribution < 1.29 is 19.1 Å². The first kappa shape index (κ1) is 16.8. The zero-order valence-electron chi connectivity index (χ0n) is 13.8. The summed E-state index contributed by atoms with van der Waals surface area (Å²) in [5, 5.41) is 3.15. The van der Waals surface area contributed by atoms with Gasteiger partial charge in [0.2, 0.25) is 11.8 Å². The number of fused-ring (bicyclic) bond motifs is 2. The summed E-state index contributed by atoms with van der Waals surface area (Å²) in [6, 6.07) is 4.94. The number of nitrogens with zero attached hydrogens (tertiary/aromatic N) is 1. The second-order valence-corrected chi connectivity index (χ2v) is 7.49. The van der Waals surface area contributed by atoms with E-state index in [4.69, 9.17) is 16.3 Å². The summed E-state index contributed by atoms with van der Waals surface area (Å²) in [5.41, 5.74) is -0.848. The average molecular weight is 351 g/mol. The zero-order valence-corrected chi connectivity index (χ0v) is 14.6. The SMILES string of the molecule is CC(C)(C)OC(=O)CN1C(=O)[C@]2(CCNC2=O)c2cc(Cl)ccc21. The zero-order chi connectivity index (χ0) is 17.7. The van der Waals surface area contributed by atoms with Gasteiger partial charge in [-0.3, -0.25) is 19.3 Å². The standard InChI is InChI=1S/C17H19ClN2O4/c1-16(2,3)24-13(21)9-20-12-5-4-10(18)8-11(12)17(15(20)23)6-7-19-14(17)22/h4-5,8H,6-7,9H2,1-3H3,(H,19,22)/t17-/m1/s1. The predicted molar refractivity (Wildman–Crippen MR) is 89.0 cm³/mol. The number of benzene rings is 1. The Labute approximate surface area is 145 Å². The average Bonchev–Trinajstić information content (AvgIpc) is 2.93. The lowest BCUT2D eigenvalue weighted by Crippen LogP contribution is -2.47. The van der Waals surface area contributed by atoms with Gasteiger partial charge in [-0.25, -0.2) is 0 Å². The Hall–Kier alpha value is -2.08. The largest absolute Gasteiger partial charge is 0.459 e. The molecule has 2 heterocycles. The maximum absolute atomic E-state index is 13.0. The molecule has 0 saturated carbocycles. The lowest BCUT2D eigenvalue weighted by molar-refractivity contribution is -0.154. The summed E-state index contributed by atoms with van der Waals surface area (Å²) in [5.74, 6) is -1.27. The number of rotatable bonds is 2. The molecule has 2 aliphatic rings. The fourth-order valence-electron chi connectivity index (χ4n) is 3.29. The first-order valence-electron chi connectivity index (χ1n) is 7.77. The third kappa shape index (κ3) is 2.55. The van der Waals surface area contributed by atoms with Gasteiger partial charge in [0.05, 0.1) is 0 Å². The monoisotopic (exact) mass is 350 g/mol. The van der Waals surface area contributed by atoms with Gasteiger partial charge in [0.25, 0.3) is 0 Å². The molecule has 0 aliphatic carbocycles. The van der Waals surface area contributed by atoms with Crippen LogP contribution in [0.5, 0.6) is 0 Å². The molecule has 0 radical (unpaired) electrons. The van der Waals surface area contributed by atoms with E-state index in [1.54, 1.807) is 39.0 Å². The summed E-state index contributed by atoms with van der Waals surface area (Å²) in [6.45, 7) is 5.46. The molecule has 24 heavy (non-hydrogen) atoms. The van der Waals surface area contributed by atoms with Crippen LogP contribution in [0.2, 0.25) is 5.02 Å². The molecular weight excluding hydrogens is 332 g/mol. The third-order valence-electron chi connectivity index (χ3n) is 4.20. The highest BCUT2D eigenvalue weighted by molar-refractivity contribution is 6.31. The minimum Gasteiger partial charge on any atom is -0.459 e. The summed E-state index contributed by atoms with van der Waals surface area (Å²) in [7, 11) is 0. The summed E-state index contributed by atoms with van der Waals surface area (Å²) < 4.78 is 5.31. The van der Waals surface area contributed by atoms with E-state index in [1.807, 2.05) is 0 Å². The van der Waals surface area contributed by atoms with E-state index >= 15 is 0 Å². The normalized spacial score (nSPS) is 22.8. The molecule has 128 valence electrons. The van der Waals surface area contributed by atoms with Crippen molar-refractivity contribution in [2.24, 2.45) is 0 Å². The number of hydrogen-bond acceptors (Lipinski definition) is 4. The number of anilines is 1. The van der Waals surface area contributed by atoms with Gasteiger partial charge < -0.3 is 10.1 Å². The third-order valence-corrected chi connectivity index (χ3v) is 4.43. The quantitative estimate of drug-likeness (QED) is 0.651. The highest BCUT2D eigenvalue weighted by Crippen LogP contribution is 2.46. The topological polar surface area (TPSA) is 75.7 Å². The van der Waals surface area contributed by atoms with E-state index in [-0.39, 0.29) is 12.5 Å². The Morgan fingerprint density at radius 3 is 2.67 bits per heavy atom. The minimum atomic E-state index is -1.29. The summed E-state index contributed by atoms with van der Waals surface area (Å²) in [6.07, 6.45) is 0.350. The molecule has 1 saturated heterocycles. The van der Waals surface area contributed by atoms with Crippen LogP contribution in [0.25, 0.3) is 0 Å². The van der Waals surface area contributed by atoms with E-state index in [0.29, 0.717) is 29.2 Å². The Balaban J connectivity index is 2.00. The first-order chi connectivity index (χ1) is 11.1. The molecule has 6 nitrogen and oxygen atoms in total. The first-order valence-corrected chi connectivity index (χ1v) is 8.15. The molecule has 0 aromatic heterocycles. The number of halogens is 1. The Bertz CT molecular complexity index is 741. The van der Waals surface area contributed by atoms with Gasteiger partial charge in [-0.05, 0) is 45.4 Å². The Morgan fingerprint density at radius 2 is 2.08 bits per heavy atom. The lowest BCUT2D eigenvalue weighted by Gasteiger charge is -2.24. The van der Waals surface area contributed by atoms with Crippen molar-refractivity contribution in [2.75, 3.05) is 18.0 Å². The highest BCUT2D eigenvalue weighted by Gasteiger charge is 2.58. The van der Waals surface area contributed by atoms with Gasteiger partial charge in [0, 0.05) is 22.8 Å². The van der Waals surface area contributed by atoms with Crippen molar-refractivity contribution in [2.45, 2.75) is 38.2 Å². The fourth-order valence-corrected chi connectivity index (χ4v) is 3.46. The second-order valence-electron chi connectivity index (χ2n) is 7.05. The number of carbonyl (C=O) groups excluding carboxylic acids is 3. The van der Waals surface area contributed by atoms with Crippen LogP contribution >= 0.6 is 11.6 Å². The molecule has 2 aliphatic heterocycles. The summed E-state index contributed by atoms with van der Waals surface area (Å²) >= 11 is 6.07. The molecule has 3 rings (SSSR count). The van der Waals surface area contributed by atoms with Crippen LogP contribution in [0.4, 0.5) is 5.69 Å². The van der Waals surface area contributed by atoms with Gasteiger partial charge in [0.1, 0.15) is 12.1 Å². The smallest absolute Gasteiger partial charge is 0.326 e. The van der Waals surface area contributed by atoms with Crippen LogP contribution in [-0.4, -0.2) is 36.5 Å². The summed E-state index contributed by atoms with van der Waals surface area (Å²) in [4.78, 5) is 39.0. The van der Waals surface area contributed by atoms with Gasteiger partial charge in [-0.2, -0.15) is 0 Å². The molecule has 7 heteroatoms. The van der Waals surface area contributed by atoms with Gasteiger partial charge in [-0.15, -0.1) is 0 Å². The number of hydrogen-bond donors (Lipinski definition) is 1. The van der Waals surface area contributed by atoms with Crippen molar-refractivity contribution in [1.29, 1.82) is 0 Å². The molecule has 0 bridgehead atoms. The lowest BCUT2D eigenvalue weighted by atomic mass is 9.80. The molecule has 1 aromatic carbocycles. The van der Waals surface area contributed by atoms with Gasteiger partial charge >= 0.3 is 5.97 Å².